The summed E-state index contributed by atoms with van der Waals surface area (Å²) in [6.45, 7) is 2.77. The summed E-state index contributed by atoms with van der Waals surface area (Å²) >= 11 is 2.51. The van der Waals surface area contributed by atoms with E-state index in [2.05, 4.69) is 22.6 Å². The third kappa shape index (κ3) is 3.57. The molecule has 1 saturated carbocycles. The van der Waals surface area contributed by atoms with Crippen LogP contribution in [0.3, 0.4) is 0 Å². The van der Waals surface area contributed by atoms with Crippen LogP contribution in [0, 0.1) is 5.92 Å². The number of hydrogen-bond donors (Lipinski definition) is 0. The van der Waals surface area contributed by atoms with E-state index in [0.717, 1.165) is 24.2 Å². The molecule has 0 N–H and O–H groups in total. The fraction of sp³-hybridized carbons (Fsp3) is 1.00. The molecule has 2 fully saturated rings. The lowest BCUT2D eigenvalue weighted by atomic mass is 9.96. The Morgan fingerprint density at radius 3 is 2.50 bits per heavy atom. The molecule has 0 aromatic carbocycles. The van der Waals surface area contributed by atoms with Crippen molar-refractivity contribution in [3.05, 3.63) is 0 Å². The molecule has 0 radical (unpaired) electrons. The minimum Gasteiger partial charge on any atom is -0.381 e. The monoisotopic (exact) mass is 338 g/mol. The summed E-state index contributed by atoms with van der Waals surface area (Å²) in [5, 5.41) is 0. The first-order valence-electron chi connectivity index (χ1n) is 6.62. The predicted molar refractivity (Wildman–Crippen MR) is 74.2 cm³/mol. The molecular weight excluding hydrogens is 315 g/mol. The zero-order valence-corrected chi connectivity index (χ0v) is 12.2. The highest BCUT2D eigenvalue weighted by molar-refractivity contribution is 14.1. The van der Waals surface area contributed by atoms with E-state index < -0.39 is 0 Å². The Morgan fingerprint density at radius 2 is 1.94 bits per heavy atom. The molecule has 1 atom stereocenters. The summed E-state index contributed by atoms with van der Waals surface area (Å²) in [5.74, 6) is 0.656. The normalized spacial score (nSPS) is 30.2. The topological polar surface area (TPSA) is 18.5 Å². The van der Waals surface area contributed by atoms with Gasteiger partial charge in [0.05, 0.1) is 18.8 Å². The Hall–Kier alpha value is 0.650. The van der Waals surface area contributed by atoms with Gasteiger partial charge in [0, 0.05) is 17.0 Å². The van der Waals surface area contributed by atoms with Crippen molar-refractivity contribution in [2.45, 2.75) is 50.5 Å². The second-order valence-corrected chi connectivity index (χ2v) is 6.03. The summed E-state index contributed by atoms with van der Waals surface area (Å²) in [7, 11) is 0. The fourth-order valence-corrected chi connectivity index (χ4v) is 3.68. The SMILES string of the molecule is ICC1(OCC2CCOC2)CCCCCC1. The Morgan fingerprint density at radius 1 is 1.19 bits per heavy atom. The maximum absolute atomic E-state index is 6.30. The van der Waals surface area contributed by atoms with E-state index in [4.69, 9.17) is 9.47 Å². The average Bonchev–Trinajstić information content (AvgIpc) is 2.72. The van der Waals surface area contributed by atoms with Gasteiger partial charge in [-0.05, 0) is 19.3 Å². The maximum atomic E-state index is 6.30. The molecule has 0 bridgehead atoms. The standard InChI is InChI=1S/C13H23IO2/c14-11-13(6-3-1-2-4-7-13)16-10-12-5-8-15-9-12/h12H,1-11H2. The molecule has 1 aliphatic heterocycles. The number of ether oxygens (including phenoxy) is 2. The minimum absolute atomic E-state index is 0.194. The molecule has 2 nitrogen and oxygen atoms in total. The van der Waals surface area contributed by atoms with Crippen molar-refractivity contribution in [1.29, 1.82) is 0 Å². The van der Waals surface area contributed by atoms with E-state index in [9.17, 15) is 0 Å². The molecule has 0 aromatic heterocycles. The van der Waals surface area contributed by atoms with Gasteiger partial charge in [-0.2, -0.15) is 0 Å². The van der Waals surface area contributed by atoms with Crippen LogP contribution in [0.2, 0.25) is 0 Å². The molecule has 0 spiro atoms. The zero-order chi connectivity index (χ0) is 11.3. The van der Waals surface area contributed by atoms with Crippen LogP contribution in [0.4, 0.5) is 0 Å². The van der Waals surface area contributed by atoms with Crippen molar-refractivity contribution in [3.8, 4) is 0 Å². The smallest absolute Gasteiger partial charge is 0.0771 e. The highest BCUT2D eigenvalue weighted by Gasteiger charge is 2.32. The largest absolute Gasteiger partial charge is 0.381 e. The minimum atomic E-state index is 0.194. The first kappa shape index (κ1) is 13.1. The molecular formula is C13H23IO2. The number of alkyl halides is 1. The first-order chi connectivity index (χ1) is 7.85. The van der Waals surface area contributed by atoms with Crippen molar-refractivity contribution in [3.63, 3.8) is 0 Å². The van der Waals surface area contributed by atoms with Gasteiger partial charge in [0.25, 0.3) is 0 Å². The van der Waals surface area contributed by atoms with E-state index in [1.54, 1.807) is 0 Å². The molecule has 1 heterocycles. The van der Waals surface area contributed by atoms with E-state index in [1.165, 1.54) is 44.9 Å². The Labute approximate surface area is 113 Å². The van der Waals surface area contributed by atoms with Crippen molar-refractivity contribution in [2.24, 2.45) is 5.92 Å². The molecule has 1 aliphatic carbocycles. The summed E-state index contributed by atoms with van der Waals surface area (Å²) in [6, 6.07) is 0. The molecule has 94 valence electrons. The molecule has 16 heavy (non-hydrogen) atoms. The van der Waals surface area contributed by atoms with Crippen LogP contribution in [0.25, 0.3) is 0 Å². The zero-order valence-electron chi connectivity index (χ0n) is 10.0. The van der Waals surface area contributed by atoms with E-state index in [0.29, 0.717) is 5.92 Å². The van der Waals surface area contributed by atoms with Gasteiger partial charge in [-0.1, -0.05) is 48.3 Å². The van der Waals surface area contributed by atoms with Crippen LogP contribution < -0.4 is 0 Å². The number of hydrogen-bond acceptors (Lipinski definition) is 2. The van der Waals surface area contributed by atoms with Gasteiger partial charge in [0.1, 0.15) is 0 Å². The number of rotatable bonds is 4. The van der Waals surface area contributed by atoms with E-state index in [1.807, 2.05) is 0 Å². The van der Waals surface area contributed by atoms with E-state index >= 15 is 0 Å². The predicted octanol–water partition coefficient (Wildman–Crippen LogP) is 3.57. The van der Waals surface area contributed by atoms with Gasteiger partial charge in [-0.25, -0.2) is 0 Å². The van der Waals surface area contributed by atoms with Crippen LogP contribution in [0.1, 0.15) is 44.9 Å². The molecule has 0 amide bonds. The van der Waals surface area contributed by atoms with E-state index in [-0.39, 0.29) is 5.60 Å². The summed E-state index contributed by atoms with van der Waals surface area (Å²) in [5.41, 5.74) is 0.194. The Bertz CT molecular complexity index is 194. The molecule has 2 rings (SSSR count). The lowest BCUT2D eigenvalue weighted by Crippen LogP contribution is -2.35. The fourth-order valence-electron chi connectivity index (χ4n) is 2.70. The van der Waals surface area contributed by atoms with Gasteiger partial charge >= 0.3 is 0 Å². The summed E-state index contributed by atoms with van der Waals surface area (Å²) in [6.07, 6.45) is 9.22. The molecule has 1 unspecified atom stereocenters. The summed E-state index contributed by atoms with van der Waals surface area (Å²) < 4.78 is 12.9. The highest BCUT2D eigenvalue weighted by Crippen LogP contribution is 2.33. The van der Waals surface area contributed by atoms with Gasteiger partial charge in [-0.15, -0.1) is 0 Å². The third-order valence-corrected chi connectivity index (χ3v) is 5.30. The molecule has 0 aromatic rings. The average molecular weight is 338 g/mol. The van der Waals surface area contributed by atoms with Crippen LogP contribution in [0.5, 0.6) is 0 Å². The second kappa shape index (κ2) is 6.55. The third-order valence-electron chi connectivity index (χ3n) is 3.91. The van der Waals surface area contributed by atoms with Crippen molar-refractivity contribution >= 4 is 22.6 Å². The quantitative estimate of drug-likeness (QED) is 0.443. The molecule has 1 saturated heterocycles. The van der Waals surface area contributed by atoms with Gasteiger partial charge in [0.2, 0.25) is 0 Å². The lowest BCUT2D eigenvalue weighted by Gasteiger charge is -2.32. The molecule has 3 heteroatoms. The Balaban J connectivity index is 1.81. The first-order valence-corrected chi connectivity index (χ1v) is 8.15. The second-order valence-electron chi connectivity index (χ2n) is 5.27. The van der Waals surface area contributed by atoms with Crippen LogP contribution in [-0.4, -0.2) is 29.8 Å². The van der Waals surface area contributed by atoms with Crippen molar-refractivity contribution in [2.75, 3.05) is 24.2 Å². The van der Waals surface area contributed by atoms with Crippen LogP contribution in [0.15, 0.2) is 0 Å². The number of halogens is 1. The van der Waals surface area contributed by atoms with Crippen LogP contribution in [-0.2, 0) is 9.47 Å². The van der Waals surface area contributed by atoms with Gasteiger partial charge < -0.3 is 9.47 Å². The maximum Gasteiger partial charge on any atom is 0.0771 e. The van der Waals surface area contributed by atoms with Gasteiger partial charge in [0.15, 0.2) is 0 Å². The van der Waals surface area contributed by atoms with Crippen LogP contribution >= 0.6 is 22.6 Å². The highest BCUT2D eigenvalue weighted by atomic mass is 127. The van der Waals surface area contributed by atoms with Crippen molar-refractivity contribution in [1.82, 2.24) is 0 Å². The van der Waals surface area contributed by atoms with Gasteiger partial charge in [-0.3, -0.25) is 0 Å². The van der Waals surface area contributed by atoms with Crippen molar-refractivity contribution < 1.29 is 9.47 Å². The summed E-state index contributed by atoms with van der Waals surface area (Å²) in [4.78, 5) is 0. The Kier molecular flexibility index (Phi) is 5.36. The molecule has 2 aliphatic rings. The lowest BCUT2D eigenvalue weighted by molar-refractivity contribution is -0.0526.